The first-order valence-electron chi connectivity index (χ1n) is 17.8. The summed E-state index contributed by atoms with van der Waals surface area (Å²) in [5.74, 6) is 1.09. The normalized spacial score (nSPS) is 35.4. The highest BCUT2D eigenvalue weighted by Crippen LogP contribution is 2.47. The highest BCUT2D eigenvalue weighted by molar-refractivity contribution is 4.90. The Balaban J connectivity index is 0.000000230. The molecule has 6 nitrogen and oxygen atoms in total. The first-order valence-corrected chi connectivity index (χ1v) is 17.8. The maximum atomic E-state index is 6.51. The van der Waals surface area contributed by atoms with Gasteiger partial charge >= 0.3 is 0 Å². The Kier molecular flexibility index (Phi) is 12.9. The molecule has 0 aromatic heterocycles. The molecule has 2 saturated heterocycles. The van der Waals surface area contributed by atoms with Crippen molar-refractivity contribution in [2.24, 2.45) is 22.7 Å². The van der Waals surface area contributed by atoms with Gasteiger partial charge in [-0.05, 0) is 81.2 Å². The van der Waals surface area contributed by atoms with Crippen LogP contribution in [-0.4, -0.2) is 86.3 Å². The van der Waals surface area contributed by atoms with Gasteiger partial charge in [-0.1, -0.05) is 62.3 Å². The molecule has 0 bridgehead atoms. The average molecular weight is 596 g/mol. The third-order valence-electron chi connectivity index (χ3n) is 11.3. The van der Waals surface area contributed by atoms with E-state index < -0.39 is 0 Å². The van der Waals surface area contributed by atoms with Crippen molar-refractivity contribution in [1.29, 1.82) is 0 Å². The van der Waals surface area contributed by atoms with Crippen LogP contribution in [0.1, 0.15) is 133 Å². The largest absolute Gasteiger partial charge is 0.347 e. The van der Waals surface area contributed by atoms with Crippen LogP contribution in [0.2, 0.25) is 0 Å². The number of hydrogen-bond acceptors (Lipinski definition) is 5. The van der Waals surface area contributed by atoms with Crippen molar-refractivity contribution < 1.29 is 23.4 Å². The summed E-state index contributed by atoms with van der Waals surface area (Å²) < 4.78 is 26.2. The van der Waals surface area contributed by atoms with Crippen molar-refractivity contribution in [3.63, 3.8) is 0 Å². The molecule has 4 rings (SSSR count). The first-order chi connectivity index (χ1) is 19.6. The van der Waals surface area contributed by atoms with Crippen molar-refractivity contribution in [1.82, 2.24) is 4.90 Å². The Hall–Kier alpha value is -0.240. The first kappa shape index (κ1) is 36.2. The van der Waals surface area contributed by atoms with E-state index in [-0.39, 0.29) is 23.9 Å². The minimum Gasteiger partial charge on any atom is -0.347 e. The number of rotatable bonds is 9. The highest BCUT2D eigenvalue weighted by atomic mass is 16.8. The van der Waals surface area contributed by atoms with E-state index in [1.54, 1.807) is 0 Å². The molecule has 42 heavy (non-hydrogen) atoms. The van der Waals surface area contributed by atoms with Crippen LogP contribution in [0.15, 0.2) is 0 Å². The molecule has 3 unspecified atom stereocenters. The van der Waals surface area contributed by atoms with Crippen molar-refractivity contribution in [2.75, 3.05) is 53.0 Å². The molecule has 2 heterocycles. The SMILES string of the molecule is CCCN(CC)CC1COC2(CCC(C(C)(C)C)CC2)O1.CCC[N+](C)(CC)C1COC2(CCC(C(C)(C)C)CC2)O1. The molecule has 0 aromatic rings. The number of quaternary nitrogens is 1. The minimum atomic E-state index is -0.269. The van der Waals surface area contributed by atoms with Crippen LogP contribution in [0.4, 0.5) is 0 Å². The lowest BCUT2D eigenvalue weighted by Crippen LogP contribution is -2.54. The molecule has 2 aliphatic heterocycles. The lowest BCUT2D eigenvalue weighted by Gasteiger charge is -2.42. The van der Waals surface area contributed by atoms with Crippen LogP contribution < -0.4 is 0 Å². The zero-order chi connectivity index (χ0) is 31.2. The highest BCUT2D eigenvalue weighted by Gasteiger charge is 2.51. The van der Waals surface area contributed by atoms with Crippen LogP contribution in [0.25, 0.3) is 0 Å². The summed E-state index contributed by atoms with van der Waals surface area (Å²) in [6.07, 6.45) is 12.1. The van der Waals surface area contributed by atoms with Gasteiger partial charge in [0.1, 0.15) is 6.61 Å². The second-order valence-corrected chi connectivity index (χ2v) is 16.4. The fourth-order valence-corrected chi connectivity index (χ4v) is 7.92. The molecule has 248 valence electrons. The lowest BCUT2D eigenvalue weighted by molar-refractivity contribution is -0.951. The van der Waals surface area contributed by atoms with Gasteiger partial charge in [0.25, 0.3) is 0 Å². The van der Waals surface area contributed by atoms with E-state index >= 15 is 0 Å². The fraction of sp³-hybridized carbons (Fsp3) is 1.00. The van der Waals surface area contributed by atoms with Gasteiger partial charge in [-0.3, -0.25) is 9.22 Å². The van der Waals surface area contributed by atoms with Crippen LogP contribution in [0.3, 0.4) is 0 Å². The molecule has 4 fully saturated rings. The van der Waals surface area contributed by atoms with Crippen molar-refractivity contribution in [3.05, 3.63) is 0 Å². The molecular formula is C36H71N2O4+. The van der Waals surface area contributed by atoms with Crippen molar-refractivity contribution in [3.8, 4) is 0 Å². The summed E-state index contributed by atoms with van der Waals surface area (Å²) >= 11 is 0. The Morgan fingerprint density at radius 2 is 1.21 bits per heavy atom. The molecule has 2 saturated carbocycles. The Bertz CT molecular complexity index is 789. The van der Waals surface area contributed by atoms with E-state index in [9.17, 15) is 0 Å². The maximum absolute atomic E-state index is 6.51. The summed E-state index contributed by atoms with van der Waals surface area (Å²) in [4.78, 5) is 2.48. The van der Waals surface area contributed by atoms with Gasteiger partial charge in [-0.25, -0.2) is 0 Å². The Morgan fingerprint density at radius 3 is 1.64 bits per heavy atom. The summed E-state index contributed by atoms with van der Waals surface area (Å²) in [6, 6.07) is 0. The third-order valence-corrected chi connectivity index (χ3v) is 11.3. The molecule has 0 aromatic carbocycles. The number of likely N-dealkylation sites (N-methyl/N-ethyl adjacent to an activating group) is 2. The van der Waals surface area contributed by atoms with Crippen LogP contribution in [-0.2, 0) is 18.9 Å². The molecular weight excluding hydrogens is 524 g/mol. The lowest BCUT2D eigenvalue weighted by atomic mass is 9.71. The van der Waals surface area contributed by atoms with Gasteiger partial charge in [0, 0.05) is 32.2 Å². The van der Waals surface area contributed by atoms with Crippen LogP contribution in [0.5, 0.6) is 0 Å². The summed E-state index contributed by atoms with van der Waals surface area (Å²) in [5, 5.41) is 0. The molecule has 3 atom stereocenters. The maximum Gasteiger partial charge on any atom is 0.219 e. The van der Waals surface area contributed by atoms with Gasteiger partial charge in [0.05, 0.1) is 32.8 Å². The predicted molar refractivity (Wildman–Crippen MR) is 174 cm³/mol. The summed E-state index contributed by atoms with van der Waals surface area (Å²) in [6.45, 7) is 30.3. The van der Waals surface area contributed by atoms with E-state index in [4.69, 9.17) is 18.9 Å². The topological polar surface area (TPSA) is 40.2 Å². The molecule has 0 amide bonds. The summed E-state index contributed by atoms with van der Waals surface area (Å²) in [5.41, 5.74) is 0.829. The van der Waals surface area contributed by atoms with Crippen LogP contribution in [0, 0.1) is 22.7 Å². The fourth-order valence-electron chi connectivity index (χ4n) is 7.92. The molecule has 6 heteroatoms. The third kappa shape index (κ3) is 9.39. The average Bonchev–Trinajstić information content (AvgIpc) is 3.53. The van der Waals surface area contributed by atoms with E-state index in [0.29, 0.717) is 10.8 Å². The zero-order valence-corrected chi connectivity index (χ0v) is 29.9. The second kappa shape index (κ2) is 14.9. The van der Waals surface area contributed by atoms with Crippen LogP contribution >= 0.6 is 0 Å². The standard InChI is InChI=1S/C18H36NO2.C18H35NO2/c1-7-13-19(6,8-2)16-14-20-18(21-16)11-9-15(10-12-18)17(3,4)5;1-6-12-19(7-2)13-16-14-20-18(21-16)10-8-15(9-11-18)17(3,4)5/h15-16H,7-14H2,1-6H3;15-16H,6-14H2,1-5H3/q+1;. The van der Waals surface area contributed by atoms with E-state index in [1.165, 1.54) is 45.1 Å². The minimum absolute atomic E-state index is 0.223. The number of ether oxygens (including phenoxy) is 4. The molecule has 4 aliphatic rings. The van der Waals surface area contributed by atoms with Crippen molar-refractivity contribution in [2.45, 2.75) is 157 Å². The van der Waals surface area contributed by atoms with Gasteiger partial charge in [0.15, 0.2) is 11.6 Å². The molecule has 0 N–H and O–H groups in total. The van der Waals surface area contributed by atoms with E-state index in [1.807, 2.05) is 0 Å². The Morgan fingerprint density at radius 1 is 0.714 bits per heavy atom. The van der Waals surface area contributed by atoms with Gasteiger partial charge in [-0.15, -0.1) is 0 Å². The van der Waals surface area contributed by atoms with Gasteiger partial charge in [0.2, 0.25) is 6.23 Å². The number of nitrogens with zero attached hydrogens (tertiary/aromatic N) is 2. The van der Waals surface area contributed by atoms with E-state index in [2.05, 4.69) is 81.2 Å². The molecule has 2 aliphatic carbocycles. The second-order valence-electron chi connectivity index (χ2n) is 16.4. The molecule has 0 radical (unpaired) electrons. The Labute approximate surface area is 261 Å². The number of hydrogen-bond donors (Lipinski definition) is 0. The van der Waals surface area contributed by atoms with E-state index in [0.717, 1.165) is 81.4 Å². The zero-order valence-electron chi connectivity index (χ0n) is 29.9. The predicted octanol–water partition coefficient (Wildman–Crippen LogP) is 8.23. The summed E-state index contributed by atoms with van der Waals surface area (Å²) in [7, 11) is 2.32. The van der Waals surface area contributed by atoms with Gasteiger partial charge < -0.3 is 19.1 Å². The monoisotopic (exact) mass is 596 g/mol. The molecule has 2 spiro atoms. The van der Waals surface area contributed by atoms with Crippen molar-refractivity contribution >= 4 is 0 Å². The van der Waals surface area contributed by atoms with Gasteiger partial charge in [-0.2, -0.15) is 0 Å². The smallest absolute Gasteiger partial charge is 0.219 e. The quantitative estimate of drug-likeness (QED) is 0.251.